The first-order valence-electron chi connectivity index (χ1n) is 10.4. The number of methoxy groups -OCH3 is 1. The Morgan fingerprint density at radius 3 is 2.53 bits per heavy atom. The molecule has 1 N–H and O–H groups in total. The lowest BCUT2D eigenvalue weighted by Gasteiger charge is -2.15. The molecule has 0 saturated heterocycles. The molecule has 3 aromatic rings. The van der Waals surface area contributed by atoms with Crippen LogP contribution >= 0.6 is 0 Å². The van der Waals surface area contributed by atoms with Crippen molar-refractivity contribution in [2.45, 2.75) is 25.3 Å². The van der Waals surface area contributed by atoms with Crippen LogP contribution in [0, 0.1) is 13.8 Å². The summed E-state index contributed by atoms with van der Waals surface area (Å²) in [5.74, 6) is 1.25. The van der Waals surface area contributed by atoms with Crippen LogP contribution in [0.25, 0.3) is 6.08 Å². The number of hydrogen-bond acceptors (Lipinski definition) is 7. The first-order chi connectivity index (χ1) is 16.1. The maximum atomic E-state index is 12.5. The third kappa shape index (κ3) is 5.64. The van der Waals surface area contributed by atoms with Gasteiger partial charge in [-0.15, -0.1) is 0 Å². The molecule has 0 atom stereocenters. The van der Waals surface area contributed by atoms with Crippen molar-refractivity contribution in [3.8, 4) is 11.5 Å². The highest BCUT2D eigenvalue weighted by atomic mass is 32.2. The van der Waals surface area contributed by atoms with Gasteiger partial charge in [0.25, 0.3) is 0 Å². The third-order valence-electron chi connectivity index (χ3n) is 5.07. The van der Waals surface area contributed by atoms with Gasteiger partial charge in [0.1, 0.15) is 17.3 Å². The molecule has 1 aromatic heterocycles. The fourth-order valence-corrected chi connectivity index (χ4v) is 4.14. The molecule has 0 aliphatic carbocycles. The molecule has 0 aliphatic heterocycles. The second-order valence-corrected chi connectivity index (χ2v) is 9.73. The summed E-state index contributed by atoms with van der Waals surface area (Å²) in [6, 6.07) is 11.5. The molecular formula is C24H27N3O6S. The molecule has 2 aromatic carbocycles. The van der Waals surface area contributed by atoms with E-state index in [4.69, 9.17) is 14.0 Å². The Hall–Kier alpha value is -3.63. The molecule has 180 valence electrons. The minimum Gasteiger partial charge on any atom is -0.493 e. The van der Waals surface area contributed by atoms with Crippen molar-refractivity contribution in [1.29, 1.82) is 0 Å². The molecule has 0 bridgehead atoms. The highest BCUT2D eigenvalue weighted by Gasteiger charge is 2.21. The maximum absolute atomic E-state index is 12.5. The van der Waals surface area contributed by atoms with E-state index < -0.39 is 15.9 Å². The molecule has 0 unspecified atom stereocenters. The van der Waals surface area contributed by atoms with Crippen molar-refractivity contribution in [3.05, 3.63) is 71.1 Å². The predicted octanol–water partition coefficient (Wildman–Crippen LogP) is 3.78. The van der Waals surface area contributed by atoms with Gasteiger partial charge in [0.15, 0.2) is 11.5 Å². The molecule has 0 radical (unpaired) electrons. The number of amides is 1. The Balaban J connectivity index is 1.72. The van der Waals surface area contributed by atoms with Crippen LogP contribution in [-0.2, 0) is 21.4 Å². The van der Waals surface area contributed by atoms with E-state index in [2.05, 4.69) is 10.5 Å². The standard InChI is InChI=1S/C24H27N3O6S/c1-16-19(17(2)33-26-16)15-32-21-12-10-18(14-22(21)31-5)11-13-24(28)25-20-8-6-7-9-23(20)34(29,30)27(3)4/h6-14H,15H2,1-5H3,(H,25,28)/b13-11+. The number of benzene rings is 2. The van der Waals surface area contributed by atoms with Crippen LogP contribution in [0.5, 0.6) is 11.5 Å². The second kappa shape index (κ2) is 10.5. The van der Waals surface area contributed by atoms with Crippen LogP contribution in [0.2, 0.25) is 0 Å². The lowest BCUT2D eigenvalue weighted by molar-refractivity contribution is -0.111. The first kappa shape index (κ1) is 25.0. The van der Waals surface area contributed by atoms with Gasteiger partial charge in [0, 0.05) is 20.2 Å². The Labute approximate surface area is 199 Å². The molecule has 0 fully saturated rings. The van der Waals surface area contributed by atoms with Gasteiger partial charge in [-0.3, -0.25) is 4.79 Å². The molecule has 0 saturated carbocycles. The van der Waals surface area contributed by atoms with Crippen molar-refractivity contribution in [2.75, 3.05) is 26.5 Å². The molecule has 0 spiro atoms. The minimum absolute atomic E-state index is 0.0169. The van der Waals surface area contributed by atoms with Crippen LogP contribution in [-0.4, -0.2) is 45.0 Å². The summed E-state index contributed by atoms with van der Waals surface area (Å²) in [4.78, 5) is 12.5. The summed E-state index contributed by atoms with van der Waals surface area (Å²) < 4.78 is 42.5. The number of para-hydroxylation sites is 1. The number of ether oxygens (including phenoxy) is 2. The zero-order valence-electron chi connectivity index (χ0n) is 19.7. The van der Waals surface area contributed by atoms with Crippen molar-refractivity contribution in [2.24, 2.45) is 0 Å². The Morgan fingerprint density at radius 1 is 1.15 bits per heavy atom. The summed E-state index contributed by atoms with van der Waals surface area (Å²) in [5.41, 5.74) is 2.54. The number of nitrogens with one attached hydrogen (secondary N) is 1. The number of carbonyl (C=O) groups excluding carboxylic acids is 1. The summed E-state index contributed by atoms with van der Waals surface area (Å²) >= 11 is 0. The number of anilines is 1. The van der Waals surface area contributed by atoms with Crippen LogP contribution in [0.4, 0.5) is 5.69 Å². The molecule has 10 heteroatoms. The fraction of sp³-hybridized carbons (Fsp3) is 0.250. The highest BCUT2D eigenvalue weighted by molar-refractivity contribution is 7.89. The summed E-state index contributed by atoms with van der Waals surface area (Å²) in [7, 11) is 0.688. The lowest BCUT2D eigenvalue weighted by Crippen LogP contribution is -2.24. The van der Waals surface area contributed by atoms with E-state index in [-0.39, 0.29) is 17.2 Å². The van der Waals surface area contributed by atoms with Gasteiger partial charge in [-0.2, -0.15) is 0 Å². The van der Waals surface area contributed by atoms with Crippen LogP contribution < -0.4 is 14.8 Å². The van der Waals surface area contributed by atoms with E-state index in [0.29, 0.717) is 22.8 Å². The predicted molar refractivity (Wildman–Crippen MR) is 128 cm³/mol. The molecule has 9 nitrogen and oxygen atoms in total. The quantitative estimate of drug-likeness (QED) is 0.459. The zero-order valence-corrected chi connectivity index (χ0v) is 20.5. The van der Waals surface area contributed by atoms with Crippen molar-refractivity contribution >= 4 is 27.7 Å². The number of carbonyl (C=O) groups is 1. The number of aryl methyl sites for hydroxylation is 2. The van der Waals surface area contributed by atoms with Gasteiger partial charge in [-0.1, -0.05) is 23.4 Å². The second-order valence-electron chi connectivity index (χ2n) is 7.61. The Kier molecular flexibility index (Phi) is 7.75. The summed E-state index contributed by atoms with van der Waals surface area (Å²) in [6.45, 7) is 3.95. The smallest absolute Gasteiger partial charge is 0.248 e. The normalized spacial score (nSPS) is 11.7. The number of nitrogens with zero attached hydrogens (tertiary/aromatic N) is 2. The Morgan fingerprint density at radius 2 is 1.88 bits per heavy atom. The molecule has 34 heavy (non-hydrogen) atoms. The average molecular weight is 486 g/mol. The Bertz CT molecular complexity index is 1290. The van der Waals surface area contributed by atoms with Crippen molar-refractivity contribution in [1.82, 2.24) is 9.46 Å². The van der Waals surface area contributed by atoms with Crippen LogP contribution in [0.1, 0.15) is 22.6 Å². The third-order valence-corrected chi connectivity index (χ3v) is 6.94. The topological polar surface area (TPSA) is 111 Å². The van der Waals surface area contributed by atoms with Crippen LogP contribution in [0.15, 0.2) is 58.0 Å². The number of aromatic nitrogens is 1. The monoisotopic (exact) mass is 485 g/mol. The minimum atomic E-state index is -3.71. The molecule has 1 heterocycles. The van der Waals surface area contributed by atoms with Gasteiger partial charge in [0.05, 0.1) is 24.1 Å². The SMILES string of the molecule is COc1cc(/C=C/C(=O)Nc2ccccc2S(=O)(=O)N(C)C)ccc1OCc1c(C)noc1C. The van der Waals surface area contributed by atoms with Crippen molar-refractivity contribution < 1.29 is 27.2 Å². The molecule has 0 aliphatic rings. The lowest BCUT2D eigenvalue weighted by atomic mass is 10.1. The van der Waals surface area contributed by atoms with Gasteiger partial charge >= 0.3 is 0 Å². The van der Waals surface area contributed by atoms with Gasteiger partial charge in [-0.05, 0) is 49.8 Å². The van der Waals surface area contributed by atoms with Gasteiger partial charge in [-0.25, -0.2) is 12.7 Å². The largest absolute Gasteiger partial charge is 0.493 e. The van der Waals surface area contributed by atoms with E-state index in [1.165, 1.54) is 39.4 Å². The van der Waals surface area contributed by atoms with E-state index in [1.807, 2.05) is 13.8 Å². The van der Waals surface area contributed by atoms with Crippen molar-refractivity contribution in [3.63, 3.8) is 0 Å². The molecule has 1 amide bonds. The van der Waals surface area contributed by atoms with E-state index in [9.17, 15) is 13.2 Å². The zero-order chi connectivity index (χ0) is 24.9. The first-order valence-corrected chi connectivity index (χ1v) is 11.8. The number of rotatable bonds is 9. The van der Waals surface area contributed by atoms with Crippen LogP contribution in [0.3, 0.4) is 0 Å². The van der Waals surface area contributed by atoms with Gasteiger partial charge in [0.2, 0.25) is 15.9 Å². The van der Waals surface area contributed by atoms with E-state index >= 15 is 0 Å². The molecular weight excluding hydrogens is 458 g/mol. The summed E-state index contributed by atoms with van der Waals surface area (Å²) in [6.07, 6.45) is 2.91. The highest BCUT2D eigenvalue weighted by Crippen LogP contribution is 2.30. The molecule has 3 rings (SSSR count). The number of hydrogen-bond donors (Lipinski definition) is 1. The van der Waals surface area contributed by atoms with E-state index in [0.717, 1.165) is 15.6 Å². The van der Waals surface area contributed by atoms with Gasteiger partial charge < -0.3 is 19.3 Å². The van der Waals surface area contributed by atoms with E-state index in [1.54, 1.807) is 36.4 Å². The summed E-state index contributed by atoms with van der Waals surface area (Å²) in [5, 5.41) is 6.54. The fourth-order valence-electron chi connectivity index (χ4n) is 3.10. The number of sulfonamides is 1. The average Bonchev–Trinajstić information content (AvgIpc) is 3.13. The maximum Gasteiger partial charge on any atom is 0.248 e.